The lowest BCUT2D eigenvalue weighted by Gasteiger charge is -2.32. The molecule has 0 aliphatic rings. The summed E-state index contributed by atoms with van der Waals surface area (Å²) in [5, 5.41) is 0. The minimum absolute atomic E-state index is 0.314. The van der Waals surface area contributed by atoms with Crippen LogP contribution in [0, 0.1) is 0 Å². The molecule has 1 nitrogen and oxygen atoms in total. The highest BCUT2D eigenvalue weighted by molar-refractivity contribution is 7.05. The third-order valence-corrected chi connectivity index (χ3v) is 22.7. The minimum Gasteiger partial charge on any atom is -0.380 e. The molecule has 0 aromatic rings. The van der Waals surface area contributed by atoms with E-state index in [4.69, 9.17) is 0 Å². The molecule has 12 heavy (non-hydrogen) atoms. The van der Waals surface area contributed by atoms with Gasteiger partial charge in [-0.2, -0.15) is 0 Å². The molecular weight excluding hydrogens is 210 g/mol. The second-order valence-electron chi connectivity index (χ2n) is 3.75. The van der Waals surface area contributed by atoms with E-state index < -0.39 is 17.9 Å². The first kappa shape index (κ1) is 12.8. The molecule has 0 saturated carbocycles. The number of rotatable bonds is 6. The summed E-state index contributed by atoms with van der Waals surface area (Å²) in [7, 11) is -0.0848. The van der Waals surface area contributed by atoms with Crippen LogP contribution < -0.4 is 0 Å². The summed E-state index contributed by atoms with van der Waals surface area (Å²) in [6, 6.07) is 3.00. The van der Waals surface area contributed by atoms with E-state index in [0.717, 1.165) is 0 Å². The number of hydrogen-bond acceptors (Lipinski definition) is 1. The van der Waals surface area contributed by atoms with E-state index in [1.807, 2.05) is 0 Å². The molecule has 74 valence electrons. The van der Waals surface area contributed by atoms with Crippen LogP contribution in [0.15, 0.2) is 0 Å². The van der Waals surface area contributed by atoms with E-state index in [9.17, 15) is 0 Å². The van der Waals surface area contributed by atoms with Gasteiger partial charge in [0.1, 0.15) is 0 Å². The zero-order valence-electron chi connectivity index (χ0n) is 9.43. The van der Waals surface area contributed by atoms with Crippen molar-refractivity contribution in [3.05, 3.63) is 0 Å². The fourth-order valence-electron chi connectivity index (χ4n) is 1.60. The Morgan fingerprint density at radius 3 is 1.75 bits per heavy atom. The smallest absolute Gasteiger partial charge is 0.0938 e. The maximum absolute atomic E-state index is 3.10. The highest BCUT2D eigenvalue weighted by Gasteiger charge is 2.17. The molecule has 0 amide bonds. The van der Waals surface area contributed by atoms with Gasteiger partial charge in [-0.15, -0.1) is 0 Å². The summed E-state index contributed by atoms with van der Waals surface area (Å²) in [5.74, 6) is 0. The van der Waals surface area contributed by atoms with Gasteiger partial charge in [0.05, 0.1) is 27.1 Å². The zero-order valence-corrected chi connectivity index (χ0v) is 14.6. The standard InChI is InChI=1S/C7H25NSi4/c1-6-11(4)8(10-9-3)12(5)7-2/h11-12H,6-7,9-10H2,1-5H3. The Kier molecular flexibility index (Phi) is 7.75. The van der Waals surface area contributed by atoms with Crippen LogP contribution in [-0.2, 0) is 0 Å². The second kappa shape index (κ2) is 7.25. The van der Waals surface area contributed by atoms with Gasteiger partial charge in [-0.1, -0.05) is 45.6 Å². The maximum atomic E-state index is 3.10. The molecule has 0 aliphatic carbocycles. The Balaban J connectivity index is 4.01. The molecule has 0 rings (SSSR count). The summed E-state index contributed by atoms with van der Waals surface area (Å²) in [6.45, 7) is 12.4. The van der Waals surface area contributed by atoms with E-state index in [-0.39, 0.29) is 0 Å². The molecule has 0 saturated heterocycles. The molecule has 0 N–H and O–H groups in total. The highest BCUT2D eigenvalue weighted by atomic mass is 29.2. The van der Waals surface area contributed by atoms with E-state index >= 15 is 0 Å². The Hall–Kier alpha value is 0.828. The normalized spacial score (nSPS) is 18.5. The van der Waals surface area contributed by atoms with Crippen molar-refractivity contribution in [2.24, 2.45) is 0 Å². The quantitative estimate of drug-likeness (QED) is 0.597. The van der Waals surface area contributed by atoms with E-state index in [1.165, 1.54) is 12.1 Å². The largest absolute Gasteiger partial charge is 0.380 e. The van der Waals surface area contributed by atoms with Gasteiger partial charge in [-0.3, -0.25) is 0 Å². The van der Waals surface area contributed by atoms with Gasteiger partial charge in [-0.25, -0.2) is 0 Å². The Labute approximate surface area is 85.8 Å². The first-order valence-electron chi connectivity index (χ1n) is 5.43. The number of hydrogen-bond donors (Lipinski definition) is 0. The summed E-state index contributed by atoms with van der Waals surface area (Å²) in [5.41, 5.74) is 0. The molecule has 0 spiro atoms. The van der Waals surface area contributed by atoms with Crippen LogP contribution in [0.1, 0.15) is 13.8 Å². The number of nitrogens with zero attached hydrogens (tertiary/aromatic N) is 1. The minimum atomic E-state index is -0.398. The SMILES string of the molecule is CC[SiH](C)N([SiH2][SiH2]C)[SiH](C)CC. The predicted molar refractivity (Wildman–Crippen MR) is 71.8 cm³/mol. The molecular formula is C7H25NSi4. The third kappa shape index (κ3) is 4.17. The second-order valence-corrected chi connectivity index (χ2v) is 18.7. The van der Waals surface area contributed by atoms with Crippen LogP contribution in [0.3, 0.4) is 0 Å². The van der Waals surface area contributed by atoms with Crippen molar-refractivity contribution in [1.29, 1.82) is 0 Å². The fourth-order valence-corrected chi connectivity index (χ4v) is 27.0. The van der Waals surface area contributed by atoms with Crippen LogP contribution in [0.25, 0.3) is 0 Å². The molecule has 5 heteroatoms. The first-order chi connectivity index (χ1) is 5.67. The van der Waals surface area contributed by atoms with Crippen molar-refractivity contribution in [3.63, 3.8) is 0 Å². The van der Waals surface area contributed by atoms with Crippen molar-refractivity contribution in [2.45, 2.75) is 45.6 Å². The van der Waals surface area contributed by atoms with Crippen LogP contribution in [-0.4, -0.2) is 40.0 Å². The van der Waals surface area contributed by atoms with Crippen molar-refractivity contribution in [2.75, 3.05) is 0 Å². The summed E-state index contributed by atoms with van der Waals surface area (Å²) < 4.78 is 3.10. The van der Waals surface area contributed by atoms with Gasteiger partial charge in [0, 0.05) is 9.04 Å². The van der Waals surface area contributed by atoms with Crippen molar-refractivity contribution in [3.8, 4) is 0 Å². The average molecular weight is 236 g/mol. The molecule has 0 bridgehead atoms. The van der Waals surface area contributed by atoms with Crippen LogP contribution in [0.2, 0.25) is 31.7 Å². The Morgan fingerprint density at radius 1 is 1.08 bits per heavy atom. The van der Waals surface area contributed by atoms with Gasteiger partial charge >= 0.3 is 0 Å². The predicted octanol–water partition coefficient (Wildman–Crippen LogP) is 0.251. The van der Waals surface area contributed by atoms with Crippen LogP contribution >= 0.6 is 0 Å². The first-order valence-corrected chi connectivity index (χ1v) is 16.4. The van der Waals surface area contributed by atoms with Crippen molar-refractivity contribution in [1.82, 2.24) is 3.90 Å². The van der Waals surface area contributed by atoms with Gasteiger partial charge in [0.15, 0.2) is 0 Å². The fraction of sp³-hybridized carbons (Fsp3) is 1.00. The van der Waals surface area contributed by atoms with Crippen LogP contribution in [0.5, 0.6) is 0 Å². The summed E-state index contributed by atoms with van der Waals surface area (Å²) >= 11 is 0. The van der Waals surface area contributed by atoms with Gasteiger partial charge in [0.25, 0.3) is 0 Å². The lowest BCUT2D eigenvalue weighted by molar-refractivity contribution is 0.995. The van der Waals surface area contributed by atoms with E-state index in [0.29, 0.717) is 18.2 Å². The highest BCUT2D eigenvalue weighted by Crippen LogP contribution is 2.04. The van der Waals surface area contributed by atoms with Crippen LogP contribution in [0.4, 0.5) is 0 Å². The maximum Gasteiger partial charge on any atom is 0.0938 e. The Morgan fingerprint density at radius 2 is 1.50 bits per heavy atom. The van der Waals surface area contributed by atoms with E-state index in [2.05, 4.69) is 37.4 Å². The van der Waals surface area contributed by atoms with E-state index in [1.54, 1.807) is 0 Å². The lowest BCUT2D eigenvalue weighted by Crippen LogP contribution is -2.49. The third-order valence-electron chi connectivity index (χ3n) is 2.80. The molecule has 0 aromatic heterocycles. The monoisotopic (exact) mass is 235 g/mol. The molecule has 0 radical (unpaired) electrons. The molecule has 0 aliphatic heterocycles. The van der Waals surface area contributed by atoms with Crippen molar-refractivity contribution < 1.29 is 0 Å². The van der Waals surface area contributed by atoms with Gasteiger partial charge in [-0.05, 0) is 0 Å². The average Bonchev–Trinajstić information content (AvgIpc) is 2.11. The summed E-state index contributed by atoms with van der Waals surface area (Å²) in [6.07, 6.45) is 0. The van der Waals surface area contributed by atoms with Gasteiger partial charge < -0.3 is 3.90 Å². The Bertz CT molecular complexity index is 102. The molecule has 2 atom stereocenters. The molecule has 0 fully saturated rings. The molecule has 0 heterocycles. The summed E-state index contributed by atoms with van der Waals surface area (Å²) in [4.78, 5) is 0. The molecule has 2 unspecified atom stereocenters. The van der Waals surface area contributed by atoms with Gasteiger partial charge in [0.2, 0.25) is 0 Å². The lowest BCUT2D eigenvalue weighted by atomic mass is 11.0. The topological polar surface area (TPSA) is 3.24 Å². The zero-order chi connectivity index (χ0) is 9.56. The van der Waals surface area contributed by atoms with Crippen molar-refractivity contribution >= 4 is 36.2 Å². The molecule has 0 aromatic carbocycles.